The van der Waals surface area contributed by atoms with Crippen LogP contribution in [0.15, 0.2) is 78.9 Å². The summed E-state index contributed by atoms with van der Waals surface area (Å²) in [5, 5.41) is 9.50. The fourth-order valence-electron chi connectivity index (χ4n) is 3.51. The Bertz CT molecular complexity index is 1290. The molecule has 3 aromatic carbocycles. The monoisotopic (exact) mass is 483 g/mol. The maximum absolute atomic E-state index is 12.9. The second-order valence-corrected chi connectivity index (χ2v) is 7.84. The number of rotatable bonds is 10. The molecule has 4 rings (SSSR count). The Morgan fingerprint density at radius 2 is 1.31 bits per heavy atom. The number of hydrogen-bond donors (Lipinski definition) is 3. The molecule has 36 heavy (non-hydrogen) atoms. The molecule has 3 N–H and O–H groups in total. The summed E-state index contributed by atoms with van der Waals surface area (Å²) in [6.07, 6.45) is 0. The number of carbonyl (C=O) groups is 1. The normalized spacial score (nSPS) is 10.4. The molecule has 1 aromatic heterocycles. The number of nitrogens with one attached hydrogen (secondary N) is 3. The predicted molar refractivity (Wildman–Crippen MR) is 143 cm³/mol. The summed E-state index contributed by atoms with van der Waals surface area (Å²) in [5.41, 5.74) is 3.25. The quantitative estimate of drug-likeness (QED) is 0.243. The molecular formula is C28H29N5O3. The summed E-state index contributed by atoms with van der Waals surface area (Å²) in [6.45, 7) is 6.91. The molecule has 0 saturated carbocycles. The highest BCUT2D eigenvalue weighted by Gasteiger charge is 2.16. The molecule has 0 bridgehead atoms. The Labute approximate surface area is 210 Å². The van der Waals surface area contributed by atoms with Crippen LogP contribution < -0.4 is 25.4 Å². The van der Waals surface area contributed by atoms with Crippen LogP contribution in [0.5, 0.6) is 11.5 Å². The lowest BCUT2D eigenvalue weighted by Gasteiger charge is -2.17. The number of aromatic nitrogens is 2. The van der Waals surface area contributed by atoms with Crippen LogP contribution in [0.3, 0.4) is 0 Å². The Hall–Kier alpha value is -4.59. The first kappa shape index (κ1) is 24.5. The third-order valence-electron chi connectivity index (χ3n) is 5.21. The number of benzene rings is 3. The second-order valence-electron chi connectivity index (χ2n) is 7.84. The lowest BCUT2D eigenvalue weighted by molar-refractivity contribution is 0.102. The number of amides is 1. The van der Waals surface area contributed by atoms with E-state index < -0.39 is 0 Å². The van der Waals surface area contributed by atoms with E-state index in [4.69, 9.17) is 9.47 Å². The van der Waals surface area contributed by atoms with Crippen molar-refractivity contribution in [2.24, 2.45) is 0 Å². The average Bonchev–Trinajstić information content (AvgIpc) is 2.89. The third-order valence-corrected chi connectivity index (χ3v) is 5.21. The van der Waals surface area contributed by atoms with Crippen molar-refractivity contribution in [1.29, 1.82) is 0 Å². The van der Waals surface area contributed by atoms with Gasteiger partial charge in [-0.15, -0.1) is 0 Å². The fourth-order valence-corrected chi connectivity index (χ4v) is 3.51. The van der Waals surface area contributed by atoms with E-state index in [0.29, 0.717) is 41.9 Å². The van der Waals surface area contributed by atoms with E-state index in [2.05, 4.69) is 25.9 Å². The zero-order valence-corrected chi connectivity index (χ0v) is 20.5. The van der Waals surface area contributed by atoms with Crippen LogP contribution in [-0.4, -0.2) is 29.1 Å². The minimum Gasteiger partial charge on any atom is -0.494 e. The minimum absolute atomic E-state index is 0.246. The number of hydrogen-bond acceptors (Lipinski definition) is 7. The molecule has 8 heteroatoms. The van der Waals surface area contributed by atoms with Gasteiger partial charge in [-0.2, -0.15) is 4.98 Å². The minimum atomic E-state index is -0.246. The SMILES string of the molecule is CCOc1ccc(Nc2nc(C)c(NC(=O)c3ccccc3)c(Nc3ccc(OCC)cc3)n2)cc1. The first-order valence-corrected chi connectivity index (χ1v) is 11.8. The van der Waals surface area contributed by atoms with Crippen molar-refractivity contribution >= 4 is 34.7 Å². The standard InChI is InChI=1S/C28H29N5O3/c1-4-35-23-15-11-21(12-16-23)30-26-25(32-27(34)20-9-7-6-8-10-20)19(3)29-28(33-26)31-22-13-17-24(18-14-22)36-5-2/h6-18H,4-5H2,1-3H3,(H,32,34)(H2,29,30,31,33). The number of nitrogens with zero attached hydrogens (tertiary/aromatic N) is 2. The molecule has 0 aliphatic carbocycles. The summed E-state index contributed by atoms with van der Waals surface area (Å²) in [7, 11) is 0. The van der Waals surface area contributed by atoms with Gasteiger partial charge in [-0.1, -0.05) is 18.2 Å². The number of anilines is 5. The van der Waals surface area contributed by atoms with Crippen LogP contribution in [0.25, 0.3) is 0 Å². The van der Waals surface area contributed by atoms with E-state index in [1.165, 1.54) is 0 Å². The van der Waals surface area contributed by atoms with Gasteiger partial charge in [-0.05, 0) is 81.4 Å². The van der Waals surface area contributed by atoms with Crippen molar-refractivity contribution in [2.75, 3.05) is 29.2 Å². The van der Waals surface area contributed by atoms with Crippen LogP contribution in [0.4, 0.5) is 28.8 Å². The lowest BCUT2D eigenvalue weighted by atomic mass is 10.2. The number of ether oxygens (including phenoxy) is 2. The smallest absolute Gasteiger partial charge is 0.255 e. The zero-order valence-electron chi connectivity index (χ0n) is 20.5. The van der Waals surface area contributed by atoms with Gasteiger partial charge in [0, 0.05) is 16.9 Å². The summed E-state index contributed by atoms with van der Waals surface area (Å²) in [4.78, 5) is 22.2. The summed E-state index contributed by atoms with van der Waals surface area (Å²) in [5.74, 6) is 2.17. The zero-order chi connectivity index (χ0) is 25.3. The molecule has 0 saturated heterocycles. The lowest BCUT2D eigenvalue weighted by Crippen LogP contribution is -2.16. The Morgan fingerprint density at radius 1 is 0.750 bits per heavy atom. The largest absolute Gasteiger partial charge is 0.494 e. The molecule has 0 spiro atoms. The number of carbonyl (C=O) groups excluding carboxylic acids is 1. The van der Waals surface area contributed by atoms with Gasteiger partial charge in [-0.3, -0.25) is 4.79 Å². The van der Waals surface area contributed by atoms with Crippen molar-refractivity contribution in [1.82, 2.24) is 9.97 Å². The van der Waals surface area contributed by atoms with Gasteiger partial charge in [0.15, 0.2) is 5.82 Å². The fraction of sp³-hybridized carbons (Fsp3) is 0.179. The molecule has 4 aromatic rings. The highest BCUT2D eigenvalue weighted by molar-refractivity contribution is 6.06. The van der Waals surface area contributed by atoms with Crippen LogP contribution in [0.2, 0.25) is 0 Å². The Morgan fingerprint density at radius 3 is 1.86 bits per heavy atom. The van der Waals surface area contributed by atoms with Gasteiger partial charge in [-0.25, -0.2) is 4.98 Å². The summed E-state index contributed by atoms with van der Waals surface area (Å²) < 4.78 is 11.0. The van der Waals surface area contributed by atoms with Gasteiger partial charge in [0.2, 0.25) is 5.95 Å². The molecule has 184 valence electrons. The van der Waals surface area contributed by atoms with E-state index in [1.54, 1.807) is 12.1 Å². The second kappa shape index (κ2) is 11.7. The van der Waals surface area contributed by atoms with Crippen LogP contribution in [0.1, 0.15) is 29.9 Å². The number of aryl methyl sites for hydroxylation is 1. The van der Waals surface area contributed by atoms with Crippen molar-refractivity contribution < 1.29 is 14.3 Å². The van der Waals surface area contributed by atoms with Crippen LogP contribution in [0, 0.1) is 6.92 Å². The molecule has 0 aliphatic heterocycles. The van der Waals surface area contributed by atoms with Crippen molar-refractivity contribution in [3.63, 3.8) is 0 Å². The first-order valence-electron chi connectivity index (χ1n) is 11.8. The van der Waals surface area contributed by atoms with Gasteiger partial charge in [0.05, 0.1) is 18.9 Å². The molecule has 0 radical (unpaired) electrons. The summed E-state index contributed by atoms with van der Waals surface area (Å²) >= 11 is 0. The highest BCUT2D eigenvalue weighted by atomic mass is 16.5. The van der Waals surface area contributed by atoms with Crippen molar-refractivity contribution in [2.45, 2.75) is 20.8 Å². The highest BCUT2D eigenvalue weighted by Crippen LogP contribution is 2.30. The summed E-state index contributed by atoms with van der Waals surface area (Å²) in [6, 6.07) is 24.1. The third kappa shape index (κ3) is 6.29. The van der Waals surface area contributed by atoms with Gasteiger partial charge < -0.3 is 25.4 Å². The molecule has 0 unspecified atom stereocenters. The molecule has 0 atom stereocenters. The van der Waals surface area contributed by atoms with Crippen molar-refractivity contribution in [3.8, 4) is 11.5 Å². The van der Waals surface area contributed by atoms with E-state index in [1.807, 2.05) is 87.5 Å². The molecule has 1 heterocycles. The Kier molecular flexibility index (Phi) is 7.97. The van der Waals surface area contributed by atoms with Crippen molar-refractivity contribution in [3.05, 3.63) is 90.1 Å². The average molecular weight is 484 g/mol. The Balaban J connectivity index is 1.64. The topological polar surface area (TPSA) is 97.4 Å². The molecule has 0 aliphatic rings. The van der Waals surface area contributed by atoms with Gasteiger partial charge >= 0.3 is 0 Å². The first-order chi connectivity index (χ1) is 17.6. The van der Waals surface area contributed by atoms with E-state index in [9.17, 15) is 4.79 Å². The van der Waals surface area contributed by atoms with E-state index in [0.717, 1.165) is 22.9 Å². The van der Waals surface area contributed by atoms with E-state index in [-0.39, 0.29) is 5.91 Å². The maximum atomic E-state index is 12.9. The molecule has 1 amide bonds. The van der Waals surface area contributed by atoms with Gasteiger partial charge in [0.1, 0.15) is 17.2 Å². The van der Waals surface area contributed by atoms with Crippen LogP contribution >= 0.6 is 0 Å². The van der Waals surface area contributed by atoms with Gasteiger partial charge in [0.25, 0.3) is 5.91 Å². The molecule has 8 nitrogen and oxygen atoms in total. The van der Waals surface area contributed by atoms with E-state index >= 15 is 0 Å². The molecule has 0 fully saturated rings. The molecular weight excluding hydrogens is 454 g/mol. The van der Waals surface area contributed by atoms with Crippen LogP contribution in [-0.2, 0) is 0 Å². The maximum Gasteiger partial charge on any atom is 0.255 e. The predicted octanol–water partition coefficient (Wildman–Crippen LogP) is 6.32.